The fourth-order valence-electron chi connectivity index (χ4n) is 9.02. The van der Waals surface area contributed by atoms with E-state index < -0.39 is 154 Å². The molecule has 0 radical (unpaired) electrons. The first kappa shape index (κ1) is 59.7. The summed E-state index contributed by atoms with van der Waals surface area (Å²) in [6.07, 6.45) is -14.2. The predicted molar refractivity (Wildman–Crippen MR) is 262 cm³/mol. The average molecular weight is 1220 g/mol. The monoisotopic (exact) mass is 1220 g/mol. The number of aliphatic hydroxyl groups is 3. The van der Waals surface area contributed by atoms with Crippen LogP contribution < -0.4 is 43.1 Å². The summed E-state index contributed by atoms with van der Waals surface area (Å²) in [6, 6.07) is 8.73. The van der Waals surface area contributed by atoms with E-state index in [1.807, 2.05) is 4.98 Å². The average Bonchev–Trinajstić information content (AvgIpc) is 4.42. The number of hydrogen-bond acceptors (Lipinski definition) is 28. The molecule has 3 fully saturated rings. The summed E-state index contributed by atoms with van der Waals surface area (Å²) in [5, 5.41) is 35.5. The molecule has 1 amide bonds. The van der Waals surface area contributed by atoms with Crippen LogP contribution in [0.2, 0.25) is 0 Å². The van der Waals surface area contributed by atoms with Crippen molar-refractivity contribution in [1.29, 1.82) is 0 Å². The van der Waals surface area contributed by atoms with Gasteiger partial charge in [0, 0.05) is 37.4 Å². The van der Waals surface area contributed by atoms with Gasteiger partial charge in [-0.2, -0.15) is 8.62 Å². The SMILES string of the molecule is CO[C@@H]1[C@H](OP(=O)([O-])OC[C@H]2O[C@@H](n3ccc(=O)[nH]c3=O)[C@H](O)[C@@H]2O)[C@@H](COP(=O)(O)OP(=O)(O)OP(=O)(O)OC[C@H]2O[C@@H]([n+]3cn(C)c4c(=O)[nH]c(N)nc43)[C@H](O)[C@@H]2CNC(=O)c2ccccc2)O[C@H]1n1cnc2c(N)ncnc21. The fraction of sp³-hybridized carbons (Fsp3) is 0.462. The van der Waals surface area contributed by atoms with Gasteiger partial charge in [0.1, 0.15) is 54.6 Å². The Hall–Kier alpha value is -5.89. The molecule has 6 aromatic rings. The Morgan fingerprint density at radius 2 is 1.48 bits per heavy atom. The van der Waals surface area contributed by atoms with Crippen LogP contribution >= 0.6 is 31.3 Å². The first-order valence-corrected chi connectivity index (χ1v) is 29.3. The van der Waals surface area contributed by atoms with Gasteiger partial charge in [-0.1, -0.05) is 23.2 Å². The van der Waals surface area contributed by atoms with E-state index in [1.54, 1.807) is 18.2 Å². The van der Waals surface area contributed by atoms with Crippen LogP contribution in [0.25, 0.3) is 22.3 Å². The fourth-order valence-corrected chi connectivity index (χ4v) is 13.5. The number of aromatic amines is 2. The van der Waals surface area contributed by atoms with Gasteiger partial charge in [0.2, 0.25) is 11.7 Å². The summed E-state index contributed by atoms with van der Waals surface area (Å²) < 4.78 is 110. The second-order valence-electron chi connectivity index (χ2n) is 17.9. The summed E-state index contributed by atoms with van der Waals surface area (Å²) in [4.78, 5) is 116. The highest BCUT2D eigenvalue weighted by molar-refractivity contribution is 7.66. The van der Waals surface area contributed by atoms with Crippen LogP contribution in [0.4, 0.5) is 11.8 Å². The maximum atomic E-state index is 13.5. The van der Waals surface area contributed by atoms with Crippen molar-refractivity contribution in [2.45, 2.75) is 67.5 Å². The molecule has 16 atom stereocenters. The second-order valence-corrected chi connectivity index (χ2v) is 23.9. The van der Waals surface area contributed by atoms with Gasteiger partial charge >= 0.3 is 34.8 Å². The third kappa shape index (κ3) is 13.0. The lowest BCUT2D eigenvalue weighted by molar-refractivity contribution is -0.745. The predicted octanol–water partition coefficient (Wildman–Crippen LogP) is -3.82. The Bertz CT molecular complexity index is 3700. The summed E-state index contributed by atoms with van der Waals surface area (Å²) in [5.74, 6) is -2.26. The van der Waals surface area contributed by atoms with Gasteiger partial charge in [0.25, 0.3) is 30.8 Å². The molecule has 5 aromatic heterocycles. The van der Waals surface area contributed by atoms with Crippen LogP contribution in [-0.4, -0.2) is 162 Å². The smallest absolute Gasteiger partial charge is 0.490 e. The molecule has 3 saturated heterocycles. The Morgan fingerprint density at radius 1 is 0.815 bits per heavy atom. The number of imidazole rings is 2. The van der Waals surface area contributed by atoms with Crippen LogP contribution in [-0.2, 0) is 71.0 Å². The van der Waals surface area contributed by atoms with Crippen molar-refractivity contribution in [3.8, 4) is 0 Å². The van der Waals surface area contributed by atoms with E-state index in [2.05, 4.69) is 38.9 Å². The van der Waals surface area contributed by atoms with E-state index in [-0.39, 0.29) is 39.7 Å². The van der Waals surface area contributed by atoms with Crippen molar-refractivity contribution in [3.05, 3.63) is 98.3 Å². The standard InChI is InChI=1S/C39H49N13O25P4/c1-49-16-52(32-24(49)34(58)48-38(41)47-32)35-25(54)18(10-42-33(57)17-6-4-3-5-7-17)19(72-35)11-70-79(62,63)76-81(66,67)77-80(64,65)71-13-21-28(29(68-2)37(74-21)51-15-45-23-30(40)43-14-44-31(23)51)75-78(60,61)69-12-20-26(55)27(56)36(73-20)50-9-8-22(53)46-39(50)59/h3-9,14-16,18-21,25-29,35-37,54-56H,10-13H2,1-2H3,(H10-,40,41,42,43,44,46,47,48,53,57,58,59,60,61,62,63,64,65,66,67)/t18-,19-,20-,21-,25-,26-,27-,28-,29-,35-,36-,37-/m1/s1. The number of carbonyl (C=O) groups excluding carboxylic acids is 1. The lowest BCUT2D eigenvalue weighted by Gasteiger charge is -2.31. The molecule has 440 valence electrons. The molecule has 3 aliphatic rings. The Kier molecular flexibility index (Phi) is 17.3. The minimum Gasteiger partial charge on any atom is -0.756 e. The Morgan fingerprint density at radius 3 is 2.16 bits per heavy atom. The number of ether oxygens (including phenoxy) is 4. The number of nitrogens with one attached hydrogen (secondary N) is 3. The molecule has 0 aliphatic carbocycles. The van der Waals surface area contributed by atoms with Crippen LogP contribution in [0.15, 0.2) is 76.0 Å². The number of rotatable bonds is 22. The number of phosphoric ester groups is 3. The number of nitrogen functional groups attached to an aromatic ring is 2. The normalized spacial score (nSPS) is 28.9. The number of anilines is 2. The molecular formula is C39H49N13O25P4. The van der Waals surface area contributed by atoms with Gasteiger partial charge in [0.05, 0.1) is 39.3 Å². The van der Waals surface area contributed by atoms with Gasteiger partial charge in [-0.05, 0) is 12.1 Å². The number of nitrogens with zero attached hydrogens (tertiary/aromatic N) is 8. The van der Waals surface area contributed by atoms with E-state index in [0.717, 1.165) is 32.0 Å². The van der Waals surface area contributed by atoms with Gasteiger partial charge in [-0.25, -0.2) is 38.0 Å². The minimum atomic E-state index is -6.27. The molecule has 81 heavy (non-hydrogen) atoms. The van der Waals surface area contributed by atoms with Crippen LogP contribution in [0, 0.1) is 5.92 Å². The van der Waals surface area contributed by atoms with E-state index >= 15 is 0 Å². The summed E-state index contributed by atoms with van der Waals surface area (Å²) in [6.45, 7) is -3.87. The molecule has 13 N–H and O–H groups in total. The zero-order valence-corrected chi connectivity index (χ0v) is 45.1. The van der Waals surface area contributed by atoms with E-state index in [4.69, 9.17) is 48.5 Å². The van der Waals surface area contributed by atoms with Crippen molar-refractivity contribution in [3.63, 3.8) is 0 Å². The molecule has 0 spiro atoms. The van der Waals surface area contributed by atoms with Crippen LogP contribution in [0.5, 0.6) is 0 Å². The summed E-state index contributed by atoms with van der Waals surface area (Å²) >= 11 is 0. The molecule has 0 saturated carbocycles. The van der Waals surface area contributed by atoms with Gasteiger partial charge < -0.3 is 79.7 Å². The molecule has 38 nitrogen and oxygen atoms in total. The van der Waals surface area contributed by atoms with Crippen molar-refractivity contribution < 1.29 is 108 Å². The third-order valence-corrected chi connectivity index (χ3v) is 17.9. The molecule has 1 aromatic carbocycles. The number of phosphoric acid groups is 4. The first-order chi connectivity index (χ1) is 38.1. The number of aliphatic hydroxyl groups excluding tert-OH is 3. The molecule has 9 rings (SSSR count). The maximum Gasteiger partial charge on any atom is 0.490 e. The van der Waals surface area contributed by atoms with E-state index in [9.17, 15) is 72.3 Å². The van der Waals surface area contributed by atoms with Gasteiger partial charge in [0.15, 0.2) is 30.2 Å². The number of nitrogens with two attached hydrogens (primary N) is 2. The third-order valence-electron chi connectivity index (χ3n) is 12.7. The van der Waals surface area contributed by atoms with E-state index in [0.29, 0.717) is 4.57 Å². The zero-order valence-electron chi connectivity index (χ0n) is 41.5. The molecule has 4 unspecified atom stereocenters. The van der Waals surface area contributed by atoms with E-state index in [1.165, 1.54) is 39.2 Å². The largest absolute Gasteiger partial charge is 0.756 e. The maximum absolute atomic E-state index is 13.5. The summed E-state index contributed by atoms with van der Waals surface area (Å²) in [5.41, 5.74) is 9.33. The van der Waals surface area contributed by atoms with Crippen molar-refractivity contribution in [1.82, 2.24) is 48.9 Å². The molecule has 0 bridgehead atoms. The quantitative estimate of drug-likeness (QED) is 0.0229. The zero-order chi connectivity index (χ0) is 58.5. The molecule has 3 aliphatic heterocycles. The van der Waals surface area contributed by atoms with Crippen LogP contribution in [0.3, 0.4) is 0 Å². The lowest BCUT2D eigenvalue weighted by Crippen LogP contribution is -2.46. The van der Waals surface area contributed by atoms with Crippen molar-refractivity contribution in [2.24, 2.45) is 13.0 Å². The van der Waals surface area contributed by atoms with Gasteiger partial charge in [-0.15, -0.1) is 0 Å². The number of aryl methyl sites for hydroxylation is 1. The Labute approximate surface area is 451 Å². The number of H-pyrrole nitrogens is 2. The lowest BCUT2D eigenvalue weighted by atomic mass is 9.98. The van der Waals surface area contributed by atoms with Crippen LogP contribution in [0.1, 0.15) is 29.0 Å². The topological polar surface area (TPSA) is 539 Å². The highest BCUT2D eigenvalue weighted by atomic mass is 31.3. The Balaban J connectivity index is 0.879. The molecule has 42 heteroatoms. The number of carbonyl (C=O) groups is 1. The van der Waals surface area contributed by atoms with Crippen molar-refractivity contribution in [2.75, 3.05) is 44.9 Å². The summed E-state index contributed by atoms with van der Waals surface area (Å²) in [7, 11) is -21.4. The highest BCUT2D eigenvalue weighted by Crippen LogP contribution is 2.68. The van der Waals surface area contributed by atoms with Gasteiger partial charge in [-0.3, -0.25) is 51.7 Å². The molecular weight excluding hydrogens is 1170 g/mol. The number of amides is 1. The van der Waals surface area contributed by atoms with Crippen molar-refractivity contribution >= 4 is 71.3 Å². The molecule has 8 heterocycles. The number of hydrogen-bond donors (Lipinski definition) is 11. The number of fused-ring (bicyclic) bond motifs is 2. The highest BCUT2D eigenvalue weighted by Gasteiger charge is 2.53. The number of methoxy groups -OCH3 is 1. The first-order valence-electron chi connectivity index (χ1n) is 23.4. The minimum absolute atomic E-state index is 0.0148. The number of benzene rings is 1. The second kappa shape index (κ2) is 23.4. The number of aromatic nitrogens is 10.